The molecule has 0 radical (unpaired) electrons. The normalized spacial score (nSPS) is 43.9. The molecule has 1 atom stereocenters. The largest absolute Gasteiger partial charge is 0.479 e. The monoisotopic (exact) mass is 2480 g/mol. The molecule has 0 aromatic carbocycles. The molecule has 1 unspecified atom stereocenters. The molecule has 18 aliphatic heterocycles. The Bertz CT molecular complexity index is 3850. The summed E-state index contributed by atoms with van der Waals surface area (Å²) in [5.41, 5.74) is 11.6. The lowest BCUT2D eigenvalue weighted by Gasteiger charge is -2.64. The van der Waals surface area contributed by atoms with Crippen molar-refractivity contribution in [3.05, 3.63) is 0 Å². The van der Waals surface area contributed by atoms with Gasteiger partial charge in [-0.05, 0) is 128 Å². The van der Waals surface area contributed by atoms with Crippen molar-refractivity contribution in [2.24, 2.45) is 94.3 Å². The molecule has 146 heavy (non-hydrogen) atoms. The molecule has 0 aromatic rings. The van der Waals surface area contributed by atoms with Crippen LogP contribution in [0.4, 0.5) is 0 Å². The molecule has 18 heterocycles. The fourth-order valence-corrected chi connectivity index (χ4v) is 172. The predicted octanol–water partition coefficient (Wildman–Crippen LogP) is 17.7. The molecular weight excluding hydrogens is 2300 g/mol. The van der Waals surface area contributed by atoms with Crippen molar-refractivity contribution >= 4 is 211 Å². The van der Waals surface area contributed by atoms with Gasteiger partial charge in [-0.15, -0.1) is 0 Å². The van der Waals surface area contributed by atoms with E-state index < -0.39 is 217 Å². The van der Waals surface area contributed by atoms with Crippen molar-refractivity contribution in [1.29, 1.82) is 0 Å². The third kappa shape index (κ3) is 31.6. The standard InChI is InChI=1S/C34H77NO12Si8.C34H76O15Si8.C13H35NO12Si8/c1-28(2)21-49-36-48(20-18-16-15-17-19-35)37-50(22-29(3)4)41-52(39-49,24-31(7)8)45-55(27-34(13)14)46-53(40-49,25-32(9)10)42-51(38-48,23-30(5)6)44-54(43-50,47-55)26-33(11)12;1-27(2)20-51-38-50(17-15-16-37-19-34(36)18-35)39-52(21-28(3)4)43-54(41-51,23-30(7)8)47-57(26-33(13)14)48-55(42-51,24-31(9)10)44-53(40-50,22-29(5)6)46-56(45-52,49-57)25-32(11)12;1-27-15-28(2)18-31(5)20-29(3,16-27)22-33(7)23-30(4,17-27)21-32(6,19-28)25-34(24-31,26-33)13-11-9-8-10-12-14/h28-34H,15-27,35H2,1-14H3;27-36H,15-26H2,1-14H3;8-14H2,1-7H3. The highest BCUT2D eigenvalue weighted by Gasteiger charge is 2.88. The number of aliphatic hydroxyl groups excluding tert-OH is 2. The first kappa shape index (κ1) is 126. The number of unbranched alkanes of at least 4 members (excludes halogenated alkanes) is 6. The molecule has 0 aromatic heterocycles. The Morgan fingerprint density at radius 1 is 0.178 bits per heavy atom. The van der Waals surface area contributed by atoms with E-state index in [1.165, 1.54) is 0 Å². The van der Waals surface area contributed by atoms with Crippen LogP contribution in [0.3, 0.4) is 0 Å². The second-order valence-electron chi connectivity index (χ2n) is 49.6. The molecule has 41 nitrogen and oxygen atoms in total. The lowest BCUT2D eigenvalue weighted by Crippen LogP contribution is -2.88. The van der Waals surface area contributed by atoms with Crippen LogP contribution in [0.2, 0.25) is 149 Å². The van der Waals surface area contributed by atoms with Crippen LogP contribution >= 0.6 is 0 Å². The Kier molecular flexibility index (Phi) is 41.3. The number of ether oxygens (including phenoxy) is 1. The van der Waals surface area contributed by atoms with E-state index >= 15 is 0 Å². The van der Waals surface area contributed by atoms with E-state index in [1.807, 2.05) is 0 Å². The predicted molar refractivity (Wildman–Crippen MR) is 591 cm³/mol. The summed E-state index contributed by atoms with van der Waals surface area (Å²) in [5.74, 6) is 1.60. The van der Waals surface area contributed by atoms with Gasteiger partial charge in [-0.1, -0.05) is 220 Å². The molecule has 24 bridgehead atoms. The first-order valence-corrected chi connectivity index (χ1v) is 103. The molecule has 0 spiro atoms. The van der Waals surface area contributed by atoms with E-state index in [1.54, 1.807) is 45.8 Å². The quantitative estimate of drug-likeness (QED) is 0.0325. The van der Waals surface area contributed by atoms with Gasteiger partial charge in [0.05, 0.1) is 13.2 Å². The van der Waals surface area contributed by atoms with Gasteiger partial charge in [0.1, 0.15) is 6.10 Å². The molecular formula is C81H188N2O39Si24. The number of hydrogen-bond acceptors (Lipinski definition) is 41. The van der Waals surface area contributed by atoms with Gasteiger partial charge in [0.2, 0.25) is 0 Å². The Morgan fingerprint density at radius 2 is 0.308 bits per heavy atom. The summed E-state index contributed by atoms with van der Waals surface area (Å²) < 4.78 is 272. The highest BCUT2D eigenvalue weighted by atomic mass is 28.7. The lowest BCUT2D eigenvalue weighted by molar-refractivity contribution is -0.0400. The van der Waals surface area contributed by atoms with Crippen molar-refractivity contribution in [2.45, 2.75) is 406 Å². The van der Waals surface area contributed by atoms with Gasteiger partial charge in [0.15, 0.2) is 0 Å². The van der Waals surface area contributed by atoms with Crippen LogP contribution in [-0.2, 0) is 153 Å². The summed E-state index contributed by atoms with van der Waals surface area (Å²) in [6.45, 7) is 74.1. The van der Waals surface area contributed by atoms with Crippen molar-refractivity contribution in [3.63, 3.8) is 0 Å². The van der Waals surface area contributed by atoms with Gasteiger partial charge < -0.3 is 175 Å². The highest BCUT2D eigenvalue weighted by Crippen LogP contribution is 2.61. The second kappa shape index (κ2) is 47.6. The van der Waals surface area contributed by atoms with Crippen LogP contribution < -0.4 is 11.5 Å². The molecule has 0 amide bonds. The average Bonchev–Trinajstić information content (AvgIpc) is 0.691. The number of hydrogen-bond donors (Lipinski definition) is 4. The van der Waals surface area contributed by atoms with Crippen molar-refractivity contribution in [2.75, 3.05) is 32.9 Å². The van der Waals surface area contributed by atoms with Crippen molar-refractivity contribution in [3.8, 4) is 0 Å². The molecule has 18 rings (SSSR count). The maximum absolute atomic E-state index is 10.0. The number of nitrogens with two attached hydrogens (primary N) is 2. The van der Waals surface area contributed by atoms with Crippen LogP contribution in [0, 0.1) is 82.9 Å². The first-order chi connectivity index (χ1) is 67.4. The fraction of sp³-hybridized carbons (Fsp3) is 1.00. The van der Waals surface area contributed by atoms with Crippen LogP contribution in [0.5, 0.6) is 0 Å². The van der Waals surface area contributed by atoms with E-state index in [0.717, 1.165) is 51.4 Å². The summed E-state index contributed by atoms with van der Waals surface area (Å²) in [4.78, 5) is 0. The summed E-state index contributed by atoms with van der Waals surface area (Å²) in [7, 11) is -90.6. The van der Waals surface area contributed by atoms with Crippen LogP contribution in [0.1, 0.15) is 252 Å². The van der Waals surface area contributed by atoms with Gasteiger partial charge in [-0.2, -0.15) is 0 Å². The summed E-state index contributed by atoms with van der Waals surface area (Å²) in [6.07, 6.45) is 6.90. The van der Waals surface area contributed by atoms with Gasteiger partial charge in [-0.3, -0.25) is 0 Å². The molecule has 0 saturated carbocycles. The third-order valence-electron chi connectivity index (χ3n) is 25.2. The summed E-state index contributed by atoms with van der Waals surface area (Å²) in [6, 6.07) is 7.99. The fourth-order valence-electron chi connectivity index (χ4n) is 22.6. The molecule has 18 saturated heterocycles. The van der Waals surface area contributed by atoms with E-state index in [4.69, 9.17) is 164 Å². The molecule has 18 fully saturated rings. The van der Waals surface area contributed by atoms with Gasteiger partial charge in [-0.25, -0.2) is 0 Å². The van der Waals surface area contributed by atoms with Crippen molar-refractivity contribution < 1.29 is 163 Å². The lowest BCUT2D eigenvalue weighted by atomic mass is 10.2. The van der Waals surface area contributed by atoms with Crippen LogP contribution in [0.15, 0.2) is 0 Å². The summed E-state index contributed by atoms with van der Waals surface area (Å²) >= 11 is 0. The first-order valence-electron chi connectivity index (χ1n) is 54.9. The Labute approximate surface area is 900 Å². The smallest absolute Gasteiger partial charge is 0.394 e. The summed E-state index contributed by atoms with van der Waals surface area (Å²) in [5, 5.41) is 19.5. The third-order valence-corrected chi connectivity index (χ3v) is 141. The molecule has 6 N–H and O–H groups in total. The Morgan fingerprint density at radius 3 is 0.452 bits per heavy atom. The average molecular weight is 2490 g/mol. The van der Waals surface area contributed by atoms with Crippen LogP contribution in [0.25, 0.3) is 0 Å². The zero-order valence-electron chi connectivity index (χ0n) is 94.7. The zero-order chi connectivity index (χ0) is 108. The van der Waals surface area contributed by atoms with Gasteiger partial charge in [0.25, 0.3) is 0 Å². The molecule has 65 heteroatoms. The SMILES string of the molecule is CC(C)C[Si]12O[Si]3(CCCCCCN)O[Si]4(CC(C)C)O[Si](CC(C)C)(O1)O[Si]1(CC(C)C)O[Si](CC(C)C)(O2)O[Si](CC(C)C)(O3)O[Si](CC(C)C)(O4)O1.CC(C)C[Si]12O[Si]3(CCCOCC(O)CO)O[Si]4(CC(C)C)O[Si](CC(C)C)(O1)O[Si]1(CC(C)C)O[Si](CC(C)C)(O2)O[Si](CC(C)C)(O3)O[Si](CC(C)C)(O4)O1.C[Si]12O[Si]3(C)O[Si]4(C)O[Si](C)(O1)O[Si]1(C)O[Si](C)(O2)O[Si](C)(O3)O[Si](CCCCCCN)(O4)O1. The molecule has 18 aliphatic rings. The maximum Gasteiger partial charge on any atom is 0.479 e. The van der Waals surface area contributed by atoms with Crippen molar-refractivity contribution in [1.82, 2.24) is 0 Å². The minimum Gasteiger partial charge on any atom is -0.394 e. The minimum absolute atomic E-state index is 0.00754. The molecule has 852 valence electrons. The van der Waals surface area contributed by atoms with E-state index in [0.29, 0.717) is 122 Å². The zero-order valence-corrected chi connectivity index (χ0v) is 119. The minimum atomic E-state index is -4.07. The Balaban J connectivity index is 0.000000189. The topological polar surface area (TPSA) is 434 Å². The molecule has 0 aliphatic carbocycles. The number of rotatable bonds is 47. The van der Waals surface area contributed by atoms with E-state index in [9.17, 15) is 10.2 Å². The highest BCUT2D eigenvalue weighted by molar-refractivity contribution is 7.07. The Hall–Kier alpha value is 3.57. The van der Waals surface area contributed by atoms with Crippen LogP contribution in [-0.4, -0.2) is 261 Å². The van der Waals surface area contributed by atoms with Gasteiger partial charge >= 0.3 is 211 Å². The second-order valence-corrected chi connectivity index (χ2v) is 122. The number of aliphatic hydroxyl groups is 2. The van der Waals surface area contributed by atoms with Gasteiger partial charge in [0, 0.05) is 155 Å². The van der Waals surface area contributed by atoms with E-state index in [-0.39, 0.29) is 103 Å². The van der Waals surface area contributed by atoms with E-state index in [2.05, 4.69) is 194 Å². The maximum atomic E-state index is 10.0.